The van der Waals surface area contributed by atoms with Crippen LogP contribution >= 0.6 is 0 Å². The van der Waals surface area contributed by atoms with Crippen molar-refractivity contribution in [1.82, 2.24) is 9.78 Å². The first kappa shape index (κ1) is 16.7. The van der Waals surface area contributed by atoms with Crippen LogP contribution in [0.3, 0.4) is 0 Å². The van der Waals surface area contributed by atoms with Crippen LogP contribution in [0.25, 0.3) is 0 Å². The molecule has 8 heteroatoms. The Morgan fingerprint density at radius 2 is 2.00 bits per heavy atom. The Balaban J connectivity index is 2.26. The Kier molecular flexibility index (Phi) is 4.83. The second kappa shape index (κ2) is 6.64. The number of benzene rings is 1. The van der Waals surface area contributed by atoms with E-state index in [9.17, 15) is 13.6 Å². The number of amides is 1. The summed E-state index contributed by atoms with van der Waals surface area (Å²) in [4.78, 5) is 12.3. The zero-order valence-electron chi connectivity index (χ0n) is 13.2. The second-order valence-corrected chi connectivity index (χ2v) is 4.87. The lowest BCUT2D eigenvalue weighted by Crippen LogP contribution is -2.13. The quantitative estimate of drug-likeness (QED) is 0.918. The molecule has 0 atom stereocenters. The van der Waals surface area contributed by atoms with Crippen LogP contribution < -0.4 is 14.8 Å². The molecule has 1 amide bonds. The first-order valence-corrected chi connectivity index (χ1v) is 6.78. The number of nitrogens with one attached hydrogen (secondary N) is 1. The molecule has 0 spiro atoms. The van der Waals surface area contributed by atoms with Crippen molar-refractivity contribution in [3.8, 4) is 11.5 Å². The number of halogens is 2. The molecule has 0 unspecified atom stereocenters. The fourth-order valence-electron chi connectivity index (χ4n) is 2.14. The molecule has 0 aliphatic rings. The number of nitrogens with zero attached hydrogens (tertiary/aromatic N) is 2. The average molecular weight is 325 g/mol. The molecule has 124 valence electrons. The van der Waals surface area contributed by atoms with E-state index < -0.39 is 12.5 Å². The summed E-state index contributed by atoms with van der Waals surface area (Å²) in [5.74, 6) is -0.475. The van der Waals surface area contributed by atoms with Crippen molar-refractivity contribution < 1.29 is 23.0 Å². The van der Waals surface area contributed by atoms with E-state index >= 15 is 0 Å². The fourth-order valence-corrected chi connectivity index (χ4v) is 2.14. The first-order valence-electron chi connectivity index (χ1n) is 6.78. The van der Waals surface area contributed by atoms with Crippen LogP contribution in [0.5, 0.6) is 11.5 Å². The predicted molar refractivity (Wildman–Crippen MR) is 80.3 cm³/mol. The topological polar surface area (TPSA) is 65.4 Å². The maximum Gasteiger partial charge on any atom is 0.387 e. The number of methoxy groups -OCH3 is 1. The highest BCUT2D eigenvalue weighted by Gasteiger charge is 2.17. The first-order chi connectivity index (χ1) is 10.8. The highest BCUT2D eigenvalue weighted by atomic mass is 19.3. The minimum atomic E-state index is -2.97. The third-order valence-corrected chi connectivity index (χ3v) is 3.39. The van der Waals surface area contributed by atoms with Gasteiger partial charge in [0.25, 0.3) is 5.91 Å². The van der Waals surface area contributed by atoms with Gasteiger partial charge >= 0.3 is 6.61 Å². The molecule has 1 aromatic heterocycles. The lowest BCUT2D eigenvalue weighted by molar-refractivity contribution is -0.0512. The van der Waals surface area contributed by atoms with E-state index in [2.05, 4.69) is 15.2 Å². The summed E-state index contributed by atoms with van der Waals surface area (Å²) >= 11 is 0. The number of aryl methyl sites for hydroxylation is 2. The van der Waals surface area contributed by atoms with Gasteiger partial charge in [0.15, 0.2) is 11.5 Å². The monoisotopic (exact) mass is 325 g/mol. The zero-order chi connectivity index (χ0) is 17.1. The van der Waals surface area contributed by atoms with E-state index in [0.29, 0.717) is 11.4 Å². The number of alkyl halides is 2. The van der Waals surface area contributed by atoms with Crippen LogP contribution in [-0.4, -0.2) is 29.4 Å². The van der Waals surface area contributed by atoms with Crippen molar-refractivity contribution in [2.45, 2.75) is 20.5 Å². The van der Waals surface area contributed by atoms with Gasteiger partial charge < -0.3 is 14.8 Å². The predicted octanol–water partition coefficient (Wildman–Crippen LogP) is 2.90. The summed E-state index contributed by atoms with van der Waals surface area (Å²) in [6.45, 7) is 0.641. The van der Waals surface area contributed by atoms with Gasteiger partial charge in [0.05, 0.1) is 24.2 Å². The molecule has 1 aromatic carbocycles. The Morgan fingerprint density at radius 1 is 1.30 bits per heavy atom. The standard InChI is InChI=1S/C15H17F2N3O3/c1-8-13(9(2)20(3)19-8)18-14(21)10-5-6-11(23-15(16)17)12(7-10)22-4/h5-7,15H,1-4H3,(H,18,21). The van der Waals surface area contributed by atoms with E-state index in [0.717, 1.165) is 5.69 Å². The molecule has 0 aliphatic carbocycles. The van der Waals surface area contributed by atoms with Gasteiger partial charge in [-0.05, 0) is 32.0 Å². The van der Waals surface area contributed by atoms with E-state index in [1.165, 1.54) is 25.3 Å². The van der Waals surface area contributed by atoms with Gasteiger partial charge in [-0.2, -0.15) is 13.9 Å². The van der Waals surface area contributed by atoms with Gasteiger partial charge in [-0.1, -0.05) is 0 Å². The lowest BCUT2D eigenvalue weighted by Gasteiger charge is -2.11. The molecule has 1 N–H and O–H groups in total. The van der Waals surface area contributed by atoms with Crippen LogP contribution in [0.2, 0.25) is 0 Å². The normalized spacial score (nSPS) is 10.7. The van der Waals surface area contributed by atoms with Crippen LogP contribution in [0.1, 0.15) is 21.7 Å². The minimum Gasteiger partial charge on any atom is -0.493 e. The SMILES string of the molecule is COc1cc(C(=O)Nc2c(C)nn(C)c2C)ccc1OC(F)F. The van der Waals surface area contributed by atoms with Gasteiger partial charge in [-0.15, -0.1) is 0 Å². The van der Waals surface area contributed by atoms with Crippen molar-refractivity contribution >= 4 is 11.6 Å². The maximum atomic E-state index is 12.3. The van der Waals surface area contributed by atoms with Crippen LogP contribution in [-0.2, 0) is 7.05 Å². The summed E-state index contributed by atoms with van der Waals surface area (Å²) in [5, 5.41) is 6.97. The van der Waals surface area contributed by atoms with Crippen LogP contribution in [0, 0.1) is 13.8 Å². The molecular weight excluding hydrogens is 308 g/mol. The second-order valence-electron chi connectivity index (χ2n) is 4.87. The summed E-state index contributed by atoms with van der Waals surface area (Å²) in [6.07, 6.45) is 0. The molecule has 2 rings (SSSR count). The number of hydrogen-bond acceptors (Lipinski definition) is 4. The molecular formula is C15H17F2N3O3. The molecule has 0 radical (unpaired) electrons. The number of anilines is 1. The fraction of sp³-hybridized carbons (Fsp3) is 0.333. The number of rotatable bonds is 5. The summed E-state index contributed by atoms with van der Waals surface area (Å²) in [6, 6.07) is 3.99. The van der Waals surface area contributed by atoms with E-state index in [-0.39, 0.29) is 17.1 Å². The Bertz CT molecular complexity index is 729. The molecule has 0 saturated heterocycles. The number of hydrogen-bond donors (Lipinski definition) is 1. The number of ether oxygens (including phenoxy) is 2. The third kappa shape index (κ3) is 3.58. The molecule has 6 nitrogen and oxygen atoms in total. The molecule has 2 aromatic rings. The van der Waals surface area contributed by atoms with Gasteiger partial charge in [0.2, 0.25) is 0 Å². The van der Waals surface area contributed by atoms with Crippen LogP contribution in [0.15, 0.2) is 18.2 Å². The smallest absolute Gasteiger partial charge is 0.387 e. The van der Waals surface area contributed by atoms with Crippen LogP contribution in [0.4, 0.5) is 14.5 Å². The Hall–Kier alpha value is -2.64. The number of carbonyl (C=O) groups excluding carboxylic acids is 1. The average Bonchev–Trinajstić information content (AvgIpc) is 2.73. The lowest BCUT2D eigenvalue weighted by atomic mass is 10.1. The molecule has 23 heavy (non-hydrogen) atoms. The zero-order valence-corrected chi connectivity index (χ0v) is 13.2. The molecule has 0 bridgehead atoms. The van der Waals surface area contributed by atoms with Crippen molar-refractivity contribution in [1.29, 1.82) is 0 Å². The molecule has 1 heterocycles. The van der Waals surface area contributed by atoms with Gasteiger partial charge in [-0.25, -0.2) is 0 Å². The molecule has 0 aliphatic heterocycles. The minimum absolute atomic E-state index is 0.0533. The van der Waals surface area contributed by atoms with E-state index in [1.807, 2.05) is 6.92 Å². The van der Waals surface area contributed by atoms with E-state index in [1.54, 1.807) is 18.7 Å². The van der Waals surface area contributed by atoms with Gasteiger partial charge in [0.1, 0.15) is 0 Å². The number of carbonyl (C=O) groups is 1. The summed E-state index contributed by atoms with van der Waals surface area (Å²) in [5.41, 5.74) is 2.36. The third-order valence-electron chi connectivity index (χ3n) is 3.39. The summed E-state index contributed by atoms with van der Waals surface area (Å²) in [7, 11) is 3.09. The molecule has 0 fully saturated rings. The summed E-state index contributed by atoms with van der Waals surface area (Å²) < 4.78 is 35.6. The highest BCUT2D eigenvalue weighted by molar-refractivity contribution is 6.05. The Morgan fingerprint density at radius 3 is 2.52 bits per heavy atom. The maximum absolute atomic E-state index is 12.3. The van der Waals surface area contributed by atoms with Crippen molar-refractivity contribution in [2.24, 2.45) is 7.05 Å². The van der Waals surface area contributed by atoms with Crippen molar-refractivity contribution in [3.05, 3.63) is 35.2 Å². The van der Waals surface area contributed by atoms with Crippen molar-refractivity contribution in [2.75, 3.05) is 12.4 Å². The Labute approximate surface area is 132 Å². The van der Waals surface area contributed by atoms with E-state index in [4.69, 9.17) is 4.74 Å². The van der Waals surface area contributed by atoms with Gasteiger partial charge in [0, 0.05) is 12.6 Å². The molecule has 0 saturated carbocycles. The van der Waals surface area contributed by atoms with Crippen molar-refractivity contribution in [3.63, 3.8) is 0 Å². The largest absolute Gasteiger partial charge is 0.493 e. The highest BCUT2D eigenvalue weighted by Crippen LogP contribution is 2.30. The number of aromatic nitrogens is 2. The van der Waals surface area contributed by atoms with Gasteiger partial charge in [-0.3, -0.25) is 9.48 Å².